The van der Waals surface area contributed by atoms with Crippen LogP contribution in [0.2, 0.25) is 16.6 Å². The van der Waals surface area contributed by atoms with Gasteiger partial charge in [-0.05, 0) is 49.4 Å². The van der Waals surface area contributed by atoms with Crippen LogP contribution in [0.1, 0.15) is 67.9 Å². The first kappa shape index (κ1) is 26.4. The third-order valence-corrected chi connectivity index (χ3v) is 11.8. The lowest BCUT2D eigenvalue weighted by atomic mass is 10.0. The van der Waals surface area contributed by atoms with Gasteiger partial charge in [-0.2, -0.15) is 0 Å². The zero-order chi connectivity index (χ0) is 23.1. The Labute approximate surface area is 185 Å². The van der Waals surface area contributed by atoms with E-state index in [2.05, 4.69) is 65.6 Å². The molecule has 0 aliphatic rings. The SMILES string of the molecule is C=C[C@H](O[Si](C(C)C)(C(C)C)C(C)C)[C@H](Cc1ccccc1)NC(=O)OC(C)(C)C. The van der Waals surface area contributed by atoms with Crippen LogP contribution in [0.25, 0.3) is 0 Å². The highest BCUT2D eigenvalue weighted by Crippen LogP contribution is 2.43. The predicted molar refractivity (Wildman–Crippen MR) is 129 cm³/mol. The molecule has 1 amide bonds. The zero-order valence-corrected chi connectivity index (χ0v) is 21.5. The molecule has 0 aliphatic carbocycles. The summed E-state index contributed by atoms with van der Waals surface area (Å²) in [5, 5.41) is 3.08. The van der Waals surface area contributed by atoms with Gasteiger partial charge in [0.25, 0.3) is 0 Å². The molecule has 0 unspecified atom stereocenters. The van der Waals surface area contributed by atoms with Crippen molar-refractivity contribution in [1.29, 1.82) is 0 Å². The van der Waals surface area contributed by atoms with Crippen LogP contribution in [0.15, 0.2) is 43.0 Å². The molecule has 0 heterocycles. The minimum absolute atomic E-state index is 0.261. The van der Waals surface area contributed by atoms with E-state index < -0.39 is 20.0 Å². The van der Waals surface area contributed by atoms with Crippen molar-refractivity contribution in [3.05, 3.63) is 48.6 Å². The number of amides is 1. The highest BCUT2D eigenvalue weighted by atomic mass is 28.4. The van der Waals surface area contributed by atoms with Gasteiger partial charge in [0, 0.05) is 0 Å². The van der Waals surface area contributed by atoms with Gasteiger partial charge in [-0.25, -0.2) is 4.79 Å². The van der Waals surface area contributed by atoms with E-state index in [1.54, 1.807) is 0 Å². The summed E-state index contributed by atoms with van der Waals surface area (Å²) in [5.41, 5.74) is 1.91. The molecule has 170 valence electrons. The van der Waals surface area contributed by atoms with Gasteiger partial charge in [-0.3, -0.25) is 0 Å². The summed E-state index contributed by atoms with van der Waals surface area (Å²) in [6, 6.07) is 9.90. The molecule has 0 saturated heterocycles. The minimum atomic E-state index is -2.15. The quantitative estimate of drug-likeness (QED) is 0.323. The number of carbonyl (C=O) groups excluding carboxylic acids is 1. The fourth-order valence-electron chi connectivity index (χ4n) is 4.51. The zero-order valence-electron chi connectivity index (χ0n) is 20.5. The molecule has 0 aliphatic heterocycles. The summed E-state index contributed by atoms with van der Waals surface area (Å²) in [6.07, 6.45) is 1.77. The number of ether oxygens (including phenoxy) is 1. The second-order valence-corrected chi connectivity index (χ2v) is 15.5. The van der Waals surface area contributed by atoms with Crippen molar-refractivity contribution in [3.8, 4) is 0 Å². The van der Waals surface area contributed by atoms with Crippen LogP contribution in [-0.4, -0.2) is 32.2 Å². The molecule has 2 atom stereocenters. The topological polar surface area (TPSA) is 47.6 Å². The van der Waals surface area contributed by atoms with Crippen LogP contribution in [0.4, 0.5) is 4.79 Å². The van der Waals surface area contributed by atoms with Gasteiger partial charge in [0.15, 0.2) is 0 Å². The van der Waals surface area contributed by atoms with Crippen LogP contribution in [0.5, 0.6) is 0 Å². The number of alkyl carbamates (subject to hydrolysis) is 1. The maximum absolute atomic E-state index is 12.6. The average Bonchev–Trinajstić information content (AvgIpc) is 2.60. The van der Waals surface area contributed by atoms with Gasteiger partial charge in [0.2, 0.25) is 8.32 Å². The first-order valence-electron chi connectivity index (χ1n) is 11.2. The molecule has 0 aromatic heterocycles. The molecule has 0 radical (unpaired) electrons. The van der Waals surface area contributed by atoms with E-state index >= 15 is 0 Å². The van der Waals surface area contributed by atoms with Gasteiger partial charge in [-0.15, -0.1) is 6.58 Å². The summed E-state index contributed by atoms with van der Waals surface area (Å²) in [7, 11) is -2.15. The summed E-state index contributed by atoms with van der Waals surface area (Å²) in [6.45, 7) is 23.3. The van der Waals surface area contributed by atoms with Gasteiger partial charge >= 0.3 is 6.09 Å². The molecule has 0 saturated carbocycles. The van der Waals surface area contributed by atoms with Crippen LogP contribution in [0.3, 0.4) is 0 Å². The van der Waals surface area contributed by atoms with Crippen molar-refractivity contribution in [2.75, 3.05) is 0 Å². The predicted octanol–water partition coefficient (Wildman–Crippen LogP) is 6.87. The van der Waals surface area contributed by atoms with Crippen LogP contribution in [-0.2, 0) is 15.6 Å². The number of hydrogen-bond donors (Lipinski definition) is 1. The molecule has 1 aromatic carbocycles. The van der Waals surface area contributed by atoms with Gasteiger partial charge in [0.05, 0.1) is 12.1 Å². The molecule has 5 heteroatoms. The third-order valence-electron chi connectivity index (χ3n) is 5.68. The number of hydrogen-bond acceptors (Lipinski definition) is 3. The molecule has 1 aromatic rings. The largest absolute Gasteiger partial charge is 0.444 e. The molecular formula is C25H43NO3Si. The maximum Gasteiger partial charge on any atom is 0.407 e. The fraction of sp³-hybridized carbons (Fsp3) is 0.640. The van der Waals surface area contributed by atoms with Crippen LogP contribution >= 0.6 is 0 Å². The van der Waals surface area contributed by atoms with E-state index in [4.69, 9.17) is 9.16 Å². The third kappa shape index (κ3) is 7.27. The highest BCUT2D eigenvalue weighted by Gasteiger charge is 2.47. The number of nitrogens with one attached hydrogen (secondary N) is 1. The maximum atomic E-state index is 12.6. The van der Waals surface area contributed by atoms with Gasteiger partial charge in [-0.1, -0.05) is 78.0 Å². The minimum Gasteiger partial charge on any atom is -0.444 e. The fourth-order valence-corrected chi connectivity index (χ4v) is 10.1. The molecule has 1 N–H and O–H groups in total. The Bertz CT molecular complexity index is 643. The molecule has 30 heavy (non-hydrogen) atoms. The second-order valence-electron chi connectivity index (χ2n) is 10.1. The average molecular weight is 434 g/mol. The summed E-state index contributed by atoms with van der Waals surface area (Å²) < 4.78 is 12.5. The lowest BCUT2D eigenvalue weighted by Gasteiger charge is -2.45. The molecule has 1 rings (SSSR count). The lowest BCUT2D eigenvalue weighted by Crippen LogP contribution is -2.55. The summed E-state index contributed by atoms with van der Waals surface area (Å²) in [5.74, 6) is 0. The van der Waals surface area contributed by atoms with Crippen LogP contribution in [0, 0.1) is 0 Å². The number of carbonyl (C=O) groups is 1. The first-order valence-corrected chi connectivity index (χ1v) is 13.3. The Morgan fingerprint density at radius 1 is 1.03 bits per heavy atom. The molecule has 4 nitrogen and oxygen atoms in total. The Hall–Kier alpha value is -1.59. The van der Waals surface area contributed by atoms with Gasteiger partial charge in [0.1, 0.15) is 5.60 Å². The molecule has 0 bridgehead atoms. The standard InChI is InChI=1S/C25H43NO3Si/c1-11-23(29-30(18(2)3,19(4)5)20(6)7)22(17-21-15-13-12-14-16-21)26-24(27)28-25(8,9)10/h11-16,18-20,22-23H,1,17H2,2-10H3,(H,26,27)/t22-,23-/m0/s1. The molecular weight excluding hydrogens is 390 g/mol. The van der Waals surface area contributed by atoms with E-state index in [1.165, 1.54) is 0 Å². The monoisotopic (exact) mass is 433 g/mol. The Kier molecular flexibility index (Phi) is 9.82. The first-order chi connectivity index (χ1) is 13.8. The normalized spacial score (nSPS) is 14.7. The lowest BCUT2D eigenvalue weighted by molar-refractivity contribution is 0.0459. The van der Waals surface area contributed by atoms with E-state index in [0.717, 1.165) is 5.56 Å². The van der Waals surface area contributed by atoms with Crippen molar-refractivity contribution in [3.63, 3.8) is 0 Å². The van der Waals surface area contributed by atoms with Gasteiger partial charge < -0.3 is 14.5 Å². The van der Waals surface area contributed by atoms with E-state index in [-0.39, 0.29) is 12.1 Å². The van der Waals surface area contributed by atoms with E-state index in [1.807, 2.05) is 45.0 Å². The highest BCUT2D eigenvalue weighted by molar-refractivity contribution is 6.77. The second kappa shape index (κ2) is 11.1. The van der Waals surface area contributed by atoms with Crippen molar-refractivity contribution in [1.82, 2.24) is 5.32 Å². The smallest absolute Gasteiger partial charge is 0.407 e. The van der Waals surface area contributed by atoms with Crippen molar-refractivity contribution < 1.29 is 14.0 Å². The number of benzene rings is 1. The molecule has 0 fully saturated rings. The van der Waals surface area contributed by atoms with E-state index in [0.29, 0.717) is 23.0 Å². The number of rotatable bonds is 10. The van der Waals surface area contributed by atoms with Crippen molar-refractivity contribution in [2.45, 2.75) is 103 Å². The Morgan fingerprint density at radius 2 is 1.53 bits per heavy atom. The Morgan fingerprint density at radius 3 is 1.93 bits per heavy atom. The van der Waals surface area contributed by atoms with Crippen molar-refractivity contribution >= 4 is 14.4 Å². The molecule has 0 spiro atoms. The Balaban J connectivity index is 3.25. The summed E-state index contributed by atoms with van der Waals surface area (Å²) in [4.78, 5) is 12.6. The van der Waals surface area contributed by atoms with Crippen molar-refractivity contribution in [2.24, 2.45) is 0 Å². The van der Waals surface area contributed by atoms with Crippen LogP contribution < -0.4 is 5.32 Å². The van der Waals surface area contributed by atoms with E-state index in [9.17, 15) is 4.79 Å². The summed E-state index contributed by atoms with van der Waals surface area (Å²) >= 11 is 0.